The smallest absolute Gasteiger partial charge is 0.272 e. The van der Waals surface area contributed by atoms with Crippen LogP contribution in [0.15, 0.2) is 24.3 Å². The van der Waals surface area contributed by atoms with Crippen LogP contribution in [0.2, 0.25) is 0 Å². The van der Waals surface area contributed by atoms with Crippen molar-refractivity contribution >= 4 is 5.91 Å². The number of aromatic nitrogens is 2. The number of ether oxygens (including phenoxy) is 1. The molecule has 5 heteroatoms. The summed E-state index contributed by atoms with van der Waals surface area (Å²) in [6, 6.07) is 8.39. The minimum Gasteiger partial charge on any atom is -0.368 e. The fourth-order valence-electron chi connectivity index (χ4n) is 3.99. The van der Waals surface area contributed by atoms with Crippen molar-refractivity contribution in [3.63, 3.8) is 0 Å². The molecule has 24 heavy (non-hydrogen) atoms. The number of hydrogen-bond acceptors (Lipinski definition) is 3. The second-order valence-electron chi connectivity index (χ2n) is 6.67. The first-order valence-corrected chi connectivity index (χ1v) is 8.80. The molecule has 1 aliphatic heterocycles. The van der Waals surface area contributed by atoms with Gasteiger partial charge < -0.3 is 10.1 Å². The Labute approximate surface area is 141 Å². The number of hydrogen-bond donors (Lipinski definition) is 2. The summed E-state index contributed by atoms with van der Waals surface area (Å²) in [6.45, 7) is 3.28. The van der Waals surface area contributed by atoms with E-state index >= 15 is 0 Å². The van der Waals surface area contributed by atoms with Gasteiger partial charge in [0.05, 0.1) is 13.2 Å². The highest BCUT2D eigenvalue weighted by molar-refractivity contribution is 5.94. The van der Waals surface area contributed by atoms with Gasteiger partial charge in [0, 0.05) is 11.3 Å². The maximum atomic E-state index is 12.6. The van der Waals surface area contributed by atoms with Crippen LogP contribution in [0.5, 0.6) is 0 Å². The predicted octanol–water partition coefficient (Wildman–Crippen LogP) is 2.51. The number of rotatable bonds is 4. The molecule has 0 radical (unpaired) electrons. The lowest BCUT2D eigenvalue weighted by atomic mass is 9.84. The monoisotopic (exact) mass is 325 g/mol. The molecule has 2 aliphatic rings. The van der Waals surface area contributed by atoms with Gasteiger partial charge in [-0.2, -0.15) is 5.10 Å². The number of carbonyl (C=O) groups is 1. The van der Waals surface area contributed by atoms with E-state index in [-0.39, 0.29) is 5.91 Å². The molecule has 0 fully saturated rings. The normalized spacial score (nSPS) is 22.0. The number of nitrogens with zero attached hydrogens (tertiary/aromatic N) is 1. The number of benzene rings is 1. The van der Waals surface area contributed by atoms with Crippen LogP contribution in [0.3, 0.4) is 0 Å². The molecule has 1 aliphatic carbocycles. The van der Waals surface area contributed by atoms with Gasteiger partial charge >= 0.3 is 0 Å². The minimum absolute atomic E-state index is 0.103. The van der Waals surface area contributed by atoms with Gasteiger partial charge in [-0.1, -0.05) is 31.2 Å². The molecule has 5 nitrogen and oxygen atoms in total. The molecule has 0 unspecified atom stereocenters. The van der Waals surface area contributed by atoms with E-state index in [2.05, 4.69) is 40.6 Å². The number of nitrogens with one attached hydrogen (secondary N) is 2. The fourth-order valence-corrected chi connectivity index (χ4v) is 3.99. The summed E-state index contributed by atoms with van der Waals surface area (Å²) < 4.78 is 6.16. The molecule has 1 aromatic carbocycles. The molecule has 4 rings (SSSR count). The van der Waals surface area contributed by atoms with Crippen molar-refractivity contribution < 1.29 is 9.53 Å². The van der Waals surface area contributed by atoms with Crippen LogP contribution < -0.4 is 5.32 Å². The van der Waals surface area contributed by atoms with Gasteiger partial charge in [0.25, 0.3) is 5.91 Å². The molecule has 2 aromatic rings. The van der Waals surface area contributed by atoms with E-state index < -0.39 is 5.60 Å². The predicted molar refractivity (Wildman–Crippen MR) is 91.0 cm³/mol. The van der Waals surface area contributed by atoms with Crippen molar-refractivity contribution in [2.45, 2.75) is 44.6 Å². The van der Waals surface area contributed by atoms with Crippen molar-refractivity contribution in [1.29, 1.82) is 0 Å². The van der Waals surface area contributed by atoms with Crippen molar-refractivity contribution in [3.8, 4) is 0 Å². The maximum Gasteiger partial charge on any atom is 0.272 e. The van der Waals surface area contributed by atoms with Gasteiger partial charge in [0.2, 0.25) is 0 Å². The Balaban J connectivity index is 1.55. The lowest BCUT2D eigenvalue weighted by Crippen LogP contribution is -2.45. The van der Waals surface area contributed by atoms with Gasteiger partial charge in [0.15, 0.2) is 5.69 Å². The molecule has 0 saturated carbocycles. The van der Waals surface area contributed by atoms with E-state index in [1.54, 1.807) is 0 Å². The highest BCUT2D eigenvalue weighted by Crippen LogP contribution is 2.35. The summed E-state index contributed by atoms with van der Waals surface area (Å²) >= 11 is 0. The molecule has 1 amide bonds. The minimum atomic E-state index is -0.440. The summed E-state index contributed by atoms with van der Waals surface area (Å²) in [5, 5.41) is 10.3. The second kappa shape index (κ2) is 6.06. The van der Waals surface area contributed by atoms with Crippen LogP contribution in [0.25, 0.3) is 0 Å². The Morgan fingerprint density at radius 2 is 2.21 bits per heavy atom. The first-order chi connectivity index (χ1) is 11.7. The van der Waals surface area contributed by atoms with Crippen molar-refractivity contribution in [1.82, 2.24) is 15.5 Å². The largest absolute Gasteiger partial charge is 0.368 e. The third-order valence-electron chi connectivity index (χ3n) is 5.39. The van der Waals surface area contributed by atoms with Crippen LogP contribution in [-0.2, 0) is 29.6 Å². The van der Waals surface area contributed by atoms with E-state index in [1.807, 2.05) is 6.07 Å². The Bertz CT molecular complexity index is 768. The molecule has 0 saturated heterocycles. The Hall–Kier alpha value is -2.14. The molecule has 1 atom stereocenters. The third-order valence-corrected chi connectivity index (χ3v) is 5.39. The Morgan fingerprint density at radius 1 is 1.33 bits per heavy atom. The summed E-state index contributed by atoms with van der Waals surface area (Å²) in [4.78, 5) is 12.6. The van der Waals surface area contributed by atoms with E-state index in [9.17, 15) is 4.79 Å². The summed E-state index contributed by atoms with van der Waals surface area (Å²) in [7, 11) is 0. The van der Waals surface area contributed by atoms with Gasteiger partial charge in [-0.3, -0.25) is 9.89 Å². The number of carbonyl (C=O) groups excluding carboxylic acids is 1. The zero-order valence-electron chi connectivity index (χ0n) is 14.0. The molecule has 0 bridgehead atoms. The van der Waals surface area contributed by atoms with Gasteiger partial charge in [-0.25, -0.2) is 0 Å². The van der Waals surface area contributed by atoms with Crippen molar-refractivity contribution in [2.75, 3.05) is 13.2 Å². The summed E-state index contributed by atoms with van der Waals surface area (Å²) in [5.74, 6) is -0.103. The zero-order chi connectivity index (χ0) is 16.6. The summed E-state index contributed by atoms with van der Waals surface area (Å²) in [6.07, 6.45) is 4.78. The Kier molecular flexibility index (Phi) is 3.88. The number of H-pyrrole nitrogens is 1. The van der Waals surface area contributed by atoms with E-state index in [1.165, 1.54) is 11.1 Å². The highest BCUT2D eigenvalue weighted by atomic mass is 16.5. The molecule has 1 aromatic heterocycles. The maximum absolute atomic E-state index is 12.6. The quantitative estimate of drug-likeness (QED) is 0.907. The average molecular weight is 325 g/mol. The van der Waals surface area contributed by atoms with E-state index in [0.29, 0.717) is 18.8 Å². The molecular weight excluding hydrogens is 302 g/mol. The molecule has 2 heterocycles. The number of aromatic amines is 1. The van der Waals surface area contributed by atoms with Crippen molar-refractivity contribution in [3.05, 3.63) is 52.3 Å². The molecule has 2 N–H and O–H groups in total. The summed E-state index contributed by atoms with van der Waals surface area (Å²) in [5.41, 5.74) is 4.83. The van der Waals surface area contributed by atoms with Crippen molar-refractivity contribution in [2.24, 2.45) is 0 Å². The first-order valence-electron chi connectivity index (χ1n) is 8.80. The lowest BCUT2D eigenvalue weighted by Gasteiger charge is -2.38. The third kappa shape index (κ3) is 2.44. The van der Waals surface area contributed by atoms with Crippen LogP contribution in [-0.4, -0.2) is 29.3 Å². The van der Waals surface area contributed by atoms with E-state index in [0.717, 1.165) is 43.4 Å². The van der Waals surface area contributed by atoms with Gasteiger partial charge in [-0.05, 0) is 43.2 Å². The van der Waals surface area contributed by atoms with Crippen LogP contribution in [0.4, 0.5) is 0 Å². The molecule has 0 spiro atoms. The van der Waals surface area contributed by atoms with Crippen LogP contribution in [0.1, 0.15) is 52.6 Å². The zero-order valence-corrected chi connectivity index (χ0v) is 14.0. The Morgan fingerprint density at radius 3 is 3.08 bits per heavy atom. The number of fused-ring (bicyclic) bond motifs is 2. The topological polar surface area (TPSA) is 67.0 Å². The average Bonchev–Trinajstić information content (AvgIpc) is 3.23. The molecular formula is C19H23N3O2. The highest BCUT2D eigenvalue weighted by Gasteiger charge is 2.37. The number of aryl methyl sites for hydroxylation is 1. The second-order valence-corrected chi connectivity index (χ2v) is 6.67. The first kappa shape index (κ1) is 15.4. The molecule has 126 valence electrons. The lowest BCUT2D eigenvalue weighted by molar-refractivity contribution is -0.0606. The fraction of sp³-hybridized carbons (Fsp3) is 0.474. The number of amides is 1. The van der Waals surface area contributed by atoms with E-state index in [4.69, 9.17) is 4.74 Å². The van der Waals surface area contributed by atoms with Gasteiger partial charge in [-0.15, -0.1) is 0 Å². The standard InChI is InChI=1S/C19H23N3O2/c1-2-19(15-8-4-3-6-13(15)10-11-24-19)12-20-18(23)17-14-7-5-9-16(14)21-22-17/h3-4,6,8H,2,5,7,9-12H2,1H3,(H,20,23)(H,21,22)/t19-/m0/s1. The van der Waals surface area contributed by atoms with Crippen LogP contribution in [0, 0.1) is 0 Å². The SMILES string of the molecule is CC[C@@]1(CNC(=O)c2n[nH]c3c2CCC3)OCCc2ccccc21. The van der Waals surface area contributed by atoms with Gasteiger partial charge in [0.1, 0.15) is 5.60 Å². The van der Waals surface area contributed by atoms with Crippen LogP contribution >= 0.6 is 0 Å².